The largest absolute Gasteiger partial charge is 0.451 e. The number of hydrogen-bond donors (Lipinski definition) is 1. The number of primary amides is 1. The summed E-state index contributed by atoms with van der Waals surface area (Å²) in [6.07, 6.45) is 1.44. The lowest BCUT2D eigenvalue weighted by atomic mass is 10.1. The minimum Gasteiger partial charge on any atom is -0.451 e. The number of amides is 1. The number of nitriles is 1. The zero-order chi connectivity index (χ0) is 16.7. The number of nitrogens with two attached hydrogens (primary N) is 1. The molecule has 0 aliphatic rings. The van der Waals surface area contributed by atoms with Gasteiger partial charge in [0.05, 0.1) is 6.61 Å². The van der Waals surface area contributed by atoms with E-state index in [1.807, 2.05) is 24.5 Å². The van der Waals surface area contributed by atoms with Crippen molar-refractivity contribution < 1.29 is 19.1 Å². The molecule has 2 N–H and O–H groups in total. The molecule has 7 nitrogen and oxygen atoms in total. The number of aryl methyl sites for hydroxylation is 1. The first-order valence-electron chi connectivity index (χ1n) is 6.63. The number of carbonyl (C=O) groups excluding carboxylic acids is 2. The van der Waals surface area contributed by atoms with Gasteiger partial charge < -0.3 is 19.8 Å². The zero-order valence-corrected chi connectivity index (χ0v) is 12.9. The van der Waals surface area contributed by atoms with E-state index in [-0.39, 0.29) is 5.57 Å². The number of nitrogens with zero attached hydrogens (tertiary/aromatic N) is 2. The maximum atomic E-state index is 11.7. The lowest BCUT2D eigenvalue weighted by molar-refractivity contribution is -0.143. The highest BCUT2D eigenvalue weighted by Crippen LogP contribution is 2.18. The molecule has 0 saturated heterocycles. The Balaban J connectivity index is 3.01. The Labute approximate surface area is 128 Å². The highest BCUT2D eigenvalue weighted by Gasteiger charge is 2.14. The first-order valence-corrected chi connectivity index (χ1v) is 6.63. The summed E-state index contributed by atoms with van der Waals surface area (Å²) in [5.74, 6) is -1.65. The van der Waals surface area contributed by atoms with Crippen LogP contribution >= 0.6 is 0 Å². The van der Waals surface area contributed by atoms with Crippen LogP contribution in [0.15, 0.2) is 11.6 Å². The number of methoxy groups -OCH3 is 1. The third kappa shape index (κ3) is 4.46. The number of esters is 1. The second-order valence-electron chi connectivity index (χ2n) is 4.68. The van der Waals surface area contributed by atoms with Gasteiger partial charge in [0, 0.05) is 25.0 Å². The Morgan fingerprint density at radius 2 is 2.14 bits per heavy atom. The van der Waals surface area contributed by atoms with Gasteiger partial charge in [-0.05, 0) is 31.6 Å². The highest BCUT2D eigenvalue weighted by atomic mass is 16.5. The molecule has 0 radical (unpaired) electrons. The SMILES string of the molecule is COCCn1c(C)cc(/C=C(\C#N)C(=O)OCC(N)=O)c1C. The molecular weight excluding hydrogens is 286 g/mol. The molecule has 0 bridgehead atoms. The standard InChI is InChI=1S/C15H19N3O4/c1-10-6-12(11(2)18(10)4-5-21-3)7-13(8-16)15(20)22-9-14(17)19/h6-7H,4-5,9H2,1-3H3,(H2,17,19)/b13-7+. The predicted octanol–water partition coefficient (Wildman–Crippen LogP) is 0.687. The average molecular weight is 305 g/mol. The molecule has 0 saturated carbocycles. The van der Waals surface area contributed by atoms with Gasteiger partial charge in [-0.15, -0.1) is 0 Å². The van der Waals surface area contributed by atoms with E-state index in [9.17, 15) is 9.59 Å². The highest BCUT2D eigenvalue weighted by molar-refractivity contribution is 5.98. The lowest BCUT2D eigenvalue weighted by Crippen LogP contribution is -2.21. The van der Waals surface area contributed by atoms with Gasteiger partial charge >= 0.3 is 5.97 Å². The monoisotopic (exact) mass is 305 g/mol. The number of aromatic nitrogens is 1. The zero-order valence-electron chi connectivity index (χ0n) is 12.9. The van der Waals surface area contributed by atoms with Crippen LogP contribution in [0.3, 0.4) is 0 Å². The van der Waals surface area contributed by atoms with Crippen molar-refractivity contribution in [1.29, 1.82) is 5.26 Å². The maximum absolute atomic E-state index is 11.7. The van der Waals surface area contributed by atoms with Crippen molar-refractivity contribution in [1.82, 2.24) is 4.57 Å². The molecule has 118 valence electrons. The second kappa shape index (κ2) is 8.00. The van der Waals surface area contributed by atoms with E-state index >= 15 is 0 Å². The van der Waals surface area contributed by atoms with Crippen molar-refractivity contribution in [2.24, 2.45) is 5.73 Å². The first kappa shape index (κ1) is 17.5. The molecule has 0 aromatic carbocycles. The molecule has 1 aromatic heterocycles. The minimum atomic E-state index is -0.872. The molecule has 1 heterocycles. The van der Waals surface area contributed by atoms with Crippen LogP contribution in [0, 0.1) is 25.2 Å². The van der Waals surface area contributed by atoms with Gasteiger partial charge in [0.1, 0.15) is 11.6 Å². The Kier molecular flexibility index (Phi) is 6.35. The van der Waals surface area contributed by atoms with E-state index in [1.54, 1.807) is 13.2 Å². The summed E-state index contributed by atoms with van der Waals surface area (Å²) in [6, 6.07) is 3.64. The molecule has 0 aliphatic heterocycles. The van der Waals surface area contributed by atoms with Crippen molar-refractivity contribution in [2.75, 3.05) is 20.3 Å². The molecule has 1 aromatic rings. The van der Waals surface area contributed by atoms with E-state index in [1.165, 1.54) is 6.08 Å². The van der Waals surface area contributed by atoms with Crippen LogP contribution in [-0.2, 0) is 25.6 Å². The van der Waals surface area contributed by atoms with Crippen LogP contribution in [0.25, 0.3) is 6.08 Å². The summed E-state index contributed by atoms with van der Waals surface area (Å²) in [5.41, 5.74) is 7.34. The van der Waals surface area contributed by atoms with Gasteiger partial charge in [-0.25, -0.2) is 4.79 Å². The molecule has 22 heavy (non-hydrogen) atoms. The summed E-state index contributed by atoms with van der Waals surface area (Å²) in [7, 11) is 1.62. The summed E-state index contributed by atoms with van der Waals surface area (Å²) in [5, 5.41) is 9.07. The van der Waals surface area contributed by atoms with E-state index in [0.717, 1.165) is 17.0 Å². The summed E-state index contributed by atoms with van der Waals surface area (Å²) in [4.78, 5) is 22.3. The summed E-state index contributed by atoms with van der Waals surface area (Å²) >= 11 is 0. The summed E-state index contributed by atoms with van der Waals surface area (Å²) < 4.78 is 11.7. The molecule has 0 spiro atoms. The lowest BCUT2D eigenvalue weighted by Gasteiger charge is -2.08. The van der Waals surface area contributed by atoms with Gasteiger partial charge in [0.15, 0.2) is 6.61 Å². The van der Waals surface area contributed by atoms with E-state index in [2.05, 4.69) is 4.74 Å². The predicted molar refractivity (Wildman–Crippen MR) is 79.5 cm³/mol. The smallest absolute Gasteiger partial charge is 0.349 e. The van der Waals surface area contributed by atoms with Crippen molar-refractivity contribution in [3.63, 3.8) is 0 Å². The molecule has 0 aliphatic carbocycles. The van der Waals surface area contributed by atoms with Crippen LogP contribution in [0.5, 0.6) is 0 Å². The normalized spacial score (nSPS) is 11.1. The maximum Gasteiger partial charge on any atom is 0.349 e. The Bertz CT molecular complexity index is 638. The minimum absolute atomic E-state index is 0.187. The van der Waals surface area contributed by atoms with Crippen LogP contribution in [0.1, 0.15) is 17.0 Å². The van der Waals surface area contributed by atoms with Gasteiger partial charge in [-0.2, -0.15) is 5.26 Å². The number of ether oxygens (including phenoxy) is 2. The van der Waals surface area contributed by atoms with Crippen molar-refractivity contribution in [3.8, 4) is 6.07 Å². The second-order valence-corrected chi connectivity index (χ2v) is 4.68. The first-order chi connectivity index (χ1) is 10.4. The Morgan fingerprint density at radius 1 is 1.45 bits per heavy atom. The van der Waals surface area contributed by atoms with Gasteiger partial charge in [0.2, 0.25) is 0 Å². The van der Waals surface area contributed by atoms with E-state index < -0.39 is 18.5 Å². The molecule has 7 heteroatoms. The number of hydrogen-bond acceptors (Lipinski definition) is 5. The molecule has 0 atom stereocenters. The fourth-order valence-corrected chi connectivity index (χ4v) is 2.01. The van der Waals surface area contributed by atoms with Crippen molar-refractivity contribution >= 4 is 18.0 Å². The van der Waals surface area contributed by atoms with Crippen molar-refractivity contribution in [3.05, 3.63) is 28.6 Å². The molecule has 1 rings (SSSR count). The van der Waals surface area contributed by atoms with Crippen LogP contribution in [-0.4, -0.2) is 36.8 Å². The van der Waals surface area contributed by atoms with Gasteiger partial charge in [-0.3, -0.25) is 4.79 Å². The summed E-state index contributed by atoms with van der Waals surface area (Å²) in [6.45, 7) is 4.50. The van der Waals surface area contributed by atoms with Gasteiger partial charge in [-0.1, -0.05) is 0 Å². The van der Waals surface area contributed by atoms with E-state index in [4.69, 9.17) is 15.7 Å². The average Bonchev–Trinajstić information content (AvgIpc) is 2.74. The van der Waals surface area contributed by atoms with Crippen LogP contribution in [0.4, 0.5) is 0 Å². The fraction of sp³-hybridized carbons (Fsp3) is 0.400. The Morgan fingerprint density at radius 3 is 2.68 bits per heavy atom. The number of carbonyl (C=O) groups is 2. The molecular formula is C15H19N3O4. The third-order valence-electron chi connectivity index (χ3n) is 3.12. The quantitative estimate of drug-likeness (QED) is 0.453. The topological polar surface area (TPSA) is 107 Å². The van der Waals surface area contributed by atoms with Gasteiger partial charge in [0.25, 0.3) is 5.91 Å². The molecule has 0 unspecified atom stereocenters. The molecule has 1 amide bonds. The number of rotatable bonds is 7. The van der Waals surface area contributed by atoms with Crippen molar-refractivity contribution in [2.45, 2.75) is 20.4 Å². The van der Waals surface area contributed by atoms with Crippen LogP contribution < -0.4 is 5.73 Å². The molecule has 0 fully saturated rings. The van der Waals surface area contributed by atoms with E-state index in [0.29, 0.717) is 13.2 Å². The fourth-order valence-electron chi connectivity index (χ4n) is 2.01. The third-order valence-corrected chi connectivity index (χ3v) is 3.12. The van der Waals surface area contributed by atoms with Crippen LogP contribution in [0.2, 0.25) is 0 Å². The Hall–Kier alpha value is -2.59.